The Hall–Kier alpha value is -1.94. The van der Waals surface area contributed by atoms with Crippen LogP contribution in [0.25, 0.3) is 11.0 Å². The third-order valence-electron chi connectivity index (χ3n) is 3.60. The summed E-state index contributed by atoms with van der Waals surface area (Å²) in [6, 6.07) is 16.9. The van der Waals surface area contributed by atoms with Crippen LogP contribution in [0, 0.1) is 0 Å². The first kappa shape index (κ1) is 14.0. The van der Waals surface area contributed by atoms with Gasteiger partial charge in [0.05, 0.1) is 17.6 Å². The van der Waals surface area contributed by atoms with E-state index in [-0.39, 0.29) is 0 Å². The molecule has 21 heavy (non-hydrogen) atoms. The molecule has 0 unspecified atom stereocenters. The van der Waals surface area contributed by atoms with Gasteiger partial charge in [-0.05, 0) is 30.0 Å². The molecule has 0 bridgehead atoms. The molecule has 0 aliphatic heterocycles. The average Bonchev–Trinajstić information content (AvgIpc) is 2.86. The Morgan fingerprint density at radius 2 is 1.76 bits per heavy atom. The zero-order valence-electron chi connectivity index (χ0n) is 12.6. The van der Waals surface area contributed by atoms with E-state index in [1.54, 1.807) is 11.8 Å². The fourth-order valence-electron chi connectivity index (χ4n) is 2.61. The third-order valence-corrected chi connectivity index (χ3v) is 4.28. The Bertz CT molecular complexity index is 762. The fourth-order valence-corrected chi connectivity index (χ4v) is 3.19. The molecule has 0 aliphatic carbocycles. The molecule has 1 aromatic heterocycles. The zero-order valence-corrected chi connectivity index (χ0v) is 13.4. The lowest BCUT2D eigenvalue weighted by Gasteiger charge is -2.18. The van der Waals surface area contributed by atoms with Crippen molar-refractivity contribution in [3.63, 3.8) is 0 Å². The number of thioether (sulfide) groups is 1. The number of aromatic nitrogens is 2. The summed E-state index contributed by atoms with van der Waals surface area (Å²) in [5.74, 6) is 0. The van der Waals surface area contributed by atoms with Crippen molar-refractivity contribution in [2.75, 3.05) is 25.3 Å². The largest absolute Gasteiger partial charge is 0.377 e. The maximum absolute atomic E-state index is 4.71. The fraction of sp³-hybridized carbons (Fsp3) is 0.235. The number of hydrogen-bond donors (Lipinski definition) is 0. The van der Waals surface area contributed by atoms with E-state index >= 15 is 0 Å². The molecule has 108 valence electrons. The summed E-state index contributed by atoms with van der Waals surface area (Å²) in [5, 5.41) is 1.06. The van der Waals surface area contributed by atoms with Crippen LogP contribution in [0.3, 0.4) is 0 Å². The molecule has 0 amide bonds. The quantitative estimate of drug-likeness (QED) is 0.682. The Morgan fingerprint density at radius 1 is 1.05 bits per heavy atom. The molecular weight excluding hydrogens is 278 g/mol. The van der Waals surface area contributed by atoms with E-state index in [2.05, 4.69) is 72.3 Å². The van der Waals surface area contributed by atoms with Crippen molar-refractivity contribution in [3.8, 4) is 0 Å². The van der Waals surface area contributed by atoms with Gasteiger partial charge in [-0.3, -0.25) is 0 Å². The highest BCUT2D eigenvalue weighted by Crippen LogP contribution is 2.26. The van der Waals surface area contributed by atoms with Crippen molar-refractivity contribution in [2.24, 2.45) is 0 Å². The predicted octanol–water partition coefficient (Wildman–Crippen LogP) is 3.87. The van der Waals surface area contributed by atoms with Crippen molar-refractivity contribution >= 4 is 28.5 Å². The lowest BCUT2D eigenvalue weighted by molar-refractivity contribution is 0.731. The van der Waals surface area contributed by atoms with Crippen LogP contribution in [-0.2, 0) is 6.54 Å². The van der Waals surface area contributed by atoms with Gasteiger partial charge in [0.15, 0.2) is 5.16 Å². The topological polar surface area (TPSA) is 21.1 Å². The molecule has 3 rings (SSSR count). The second-order valence-electron chi connectivity index (χ2n) is 5.20. The molecule has 4 heteroatoms. The van der Waals surface area contributed by atoms with E-state index in [9.17, 15) is 0 Å². The minimum absolute atomic E-state index is 0.838. The number of fused-ring (bicyclic) bond motifs is 1. The number of hydrogen-bond acceptors (Lipinski definition) is 3. The summed E-state index contributed by atoms with van der Waals surface area (Å²) >= 11 is 1.69. The SMILES string of the molecule is CSc1nc2ccccc2n1Cc1ccccc1N(C)C. The molecular formula is C17H19N3S. The Labute approximate surface area is 129 Å². The minimum Gasteiger partial charge on any atom is -0.377 e. The van der Waals surface area contributed by atoms with E-state index in [0.717, 1.165) is 17.2 Å². The van der Waals surface area contributed by atoms with Gasteiger partial charge in [-0.15, -0.1) is 0 Å². The second-order valence-corrected chi connectivity index (χ2v) is 5.97. The highest BCUT2D eigenvalue weighted by Gasteiger charge is 2.12. The first-order valence-corrected chi connectivity index (χ1v) is 8.17. The van der Waals surface area contributed by atoms with Gasteiger partial charge in [0.25, 0.3) is 0 Å². The number of nitrogens with zero attached hydrogens (tertiary/aromatic N) is 3. The van der Waals surface area contributed by atoms with E-state index in [1.807, 2.05) is 6.07 Å². The van der Waals surface area contributed by atoms with E-state index in [1.165, 1.54) is 16.8 Å². The highest BCUT2D eigenvalue weighted by molar-refractivity contribution is 7.98. The first-order chi connectivity index (χ1) is 10.2. The zero-order chi connectivity index (χ0) is 14.8. The normalized spacial score (nSPS) is 11.0. The minimum atomic E-state index is 0.838. The van der Waals surface area contributed by atoms with Gasteiger partial charge in [0, 0.05) is 19.8 Å². The summed E-state index contributed by atoms with van der Waals surface area (Å²) in [4.78, 5) is 6.87. The molecule has 0 spiro atoms. The number of rotatable bonds is 4. The van der Waals surface area contributed by atoms with Crippen LogP contribution >= 0.6 is 11.8 Å². The summed E-state index contributed by atoms with van der Waals surface area (Å²) in [6.45, 7) is 0.838. The molecule has 0 radical (unpaired) electrons. The number of imidazole rings is 1. The van der Waals surface area contributed by atoms with Crippen LogP contribution < -0.4 is 4.90 Å². The molecule has 3 aromatic rings. The first-order valence-electron chi connectivity index (χ1n) is 6.95. The summed E-state index contributed by atoms with van der Waals surface area (Å²) < 4.78 is 2.29. The van der Waals surface area contributed by atoms with Crippen molar-refractivity contribution < 1.29 is 0 Å². The van der Waals surface area contributed by atoms with Gasteiger partial charge < -0.3 is 9.47 Å². The summed E-state index contributed by atoms with van der Waals surface area (Å²) in [5.41, 5.74) is 4.81. The van der Waals surface area contributed by atoms with Crippen LogP contribution in [0.5, 0.6) is 0 Å². The Balaban J connectivity index is 2.10. The highest BCUT2D eigenvalue weighted by atomic mass is 32.2. The smallest absolute Gasteiger partial charge is 0.169 e. The summed E-state index contributed by atoms with van der Waals surface area (Å²) in [7, 11) is 4.17. The number of para-hydroxylation sites is 3. The van der Waals surface area contributed by atoms with Crippen molar-refractivity contribution in [2.45, 2.75) is 11.7 Å². The molecule has 0 aliphatic rings. The van der Waals surface area contributed by atoms with Crippen LogP contribution in [0.15, 0.2) is 53.7 Å². The monoisotopic (exact) mass is 297 g/mol. The van der Waals surface area contributed by atoms with E-state index in [0.29, 0.717) is 0 Å². The molecule has 0 N–H and O–H groups in total. The Morgan fingerprint density at radius 3 is 2.52 bits per heavy atom. The summed E-state index contributed by atoms with van der Waals surface area (Å²) in [6.07, 6.45) is 2.08. The molecule has 0 atom stereocenters. The molecule has 3 nitrogen and oxygen atoms in total. The van der Waals surface area contributed by atoms with E-state index in [4.69, 9.17) is 4.98 Å². The van der Waals surface area contributed by atoms with Gasteiger partial charge in [-0.2, -0.15) is 0 Å². The van der Waals surface area contributed by atoms with E-state index < -0.39 is 0 Å². The lowest BCUT2D eigenvalue weighted by atomic mass is 10.1. The molecule has 0 fully saturated rings. The van der Waals surface area contributed by atoms with Gasteiger partial charge >= 0.3 is 0 Å². The maximum Gasteiger partial charge on any atom is 0.169 e. The van der Waals surface area contributed by atoms with Crippen molar-refractivity contribution in [1.82, 2.24) is 9.55 Å². The average molecular weight is 297 g/mol. The molecule has 1 heterocycles. The van der Waals surface area contributed by atoms with Crippen LogP contribution in [-0.4, -0.2) is 29.9 Å². The van der Waals surface area contributed by atoms with Crippen LogP contribution in [0.2, 0.25) is 0 Å². The number of benzene rings is 2. The Kier molecular flexibility index (Phi) is 3.88. The lowest BCUT2D eigenvalue weighted by Crippen LogP contribution is -2.13. The molecule has 2 aromatic carbocycles. The maximum atomic E-state index is 4.71. The van der Waals surface area contributed by atoms with Crippen molar-refractivity contribution in [1.29, 1.82) is 0 Å². The molecule has 0 saturated heterocycles. The number of anilines is 1. The second kappa shape index (κ2) is 5.82. The van der Waals surface area contributed by atoms with Gasteiger partial charge in [0.1, 0.15) is 0 Å². The van der Waals surface area contributed by atoms with Gasteiger partial charge in [-0.1, -0.05) is 42.1 Å². The third kappa shape index (κ3) is 2.63. The predicted molar refractivity (Wildman–Crippen MR) is 91.4 cm³/mol. The van der Waals surface area contributed by atoms with Crippen LogP contribution in [0.1, 0.15) is 5.56 Å². The van der Waals surface area contributed by atoms with Gasteiger partial charge in [-0.25, -0.2) is 4.98 Å². The van der Waals surface area contributed by atoms with Gasteiger partial charge in [0.2, 0.25) is 0 Å². The molecule has 0 saturated carbocycles. The standard InChI is InChI=1S/C17H19N3S/c1-19(2)15-10-6-4-8-13(15)12-20-16-11-7-5-9-14(16)18-17(20)21-3/h4-11H,12H2,1-3H3. The van der Waals surface area contributed by atoms with Crippen LogP contribution in [0.4, 0.5) is 5.69 Å². The van der Waals surface area contributed by atoms with Crippen molar-refractivity contribution in [3.05, 3.63) is 54.1 Å².